The van der Waals surface area contributed by atoms with Crippen molar-refractivity contribution in [2.24, 2.45) is 5.92 Å². The fourth-order valence-corrected chi connectivity index (χ4v) is 4.41. The van der Waals surface area contributed by atoms with Crippen LogP contribution in [0.15, 0.2) is 42.5 Å². The van der Waals surface area contributed by atoms with Crippen LogP contribution in [0.3, 0.4) is 0 Å². The highest BCUT2D eigenvalue weighted by molar-refractivity contribution is 7.91. The van der Waals surface area contributed by atoms with Gasteiger partial charge in [0.15, 0.2) is 0 Å². The number of carbonyl (C=O) groups is 1. The van der Waals surface area contributed by atoms with Gasteiger partial charge in [0.2, 0.25) is 15.9 Å². The molecule has 1 N–H and O–H groups in total. The van der Waals surface area contributed by atoms with Gasteiger partial charge in [0, 0.05) is 24.7 Å². The number of benzene rings is 2. The van der Waals surface area contributed by atoms with Gasteiger partial charge in [-0.15, -0.1) is 0 Å². The van der Waals surface area contributed by atoms with Gasteiger partial charge in [-0.05, 0) is 47.4 Å². The molecular weight excluding hydrogens is 367 g/mol. The van der Waals surface area contributed by atoms with E-state index in [0.717, 1.165) is 17.5 Å². The van der Waals surface area contributed by atoms with Crippen LogP contribution in [0.25, 0.3) is 0 Å². The predicted octanol–water partition coefficient (Wildman–Crippen LogP) is 3.31. The van der Waals surface area contributed by atoms with E-state index < -0.39 is 15.8 Å². The van der Waals surface area contributed by atoms with Crippen molar-refractivity contribution in [3.63, 3.8) is 0 Å². The van der Waals surface area contributed by atoms with E-state index in [1.165, 1.54) is 18.2 Å². The number of anilines is 1. The lowest BCUT2D eigenvalue weighted by molar-refractivity contribution is -0.135. The van der Waals surface area contributed by atoms with Crippen molar-refractivity contribution in [3.05, 3.63) is 65.0 Å². The van der Waals surface area contributed by atoms with Crippen molar-refractivity contribution < 1.29 is 17.6 Å². The summed E-state index contributed by atoms with van der Waals surface area (Å²) >= 11 is 0. The number of fused-ring (bicyclic) bond motifs is 1. The second-order valence-corrected chi connectivity index (χ2v) is 8.86. The molecule has 2 aromatic carbocycles. The average molecular weight is 390 g/mol. The first kappa shape index (κ1) is 19.4. The van der Waals surface area contributed by atoms with Gasteiger partial charge in [0.1, 0.15) is 5.82 Å². The van der Waals surface area contributed by atoms with Gasteiger partial charge in [0.25, 0.3) is 0 Å². The molecule has 0 atom stereocenters. The van der Waals surface area contributed by atoms with Gasteiger partial charge in [-0.25, -0.2) is 12.8 Å². The number of nitrogens with one attached hydrogen (secondary N) is 1. The van der Waals surface area contributed by atoms with Crippen LogP contribution in [0.5, 0.6) is 0 Å². The van der Waals surface area contributed by atoms with Crippen molar-refractivity contribution in [1.29, 1.82) is 0 Å². The molecule has 0 aromatic heterocycles. The minimum atomic E-state index is -3.67. The maximum atomic E-state index is 13.3. The Morgan fingerprint density at radius 2 is 1.96 bits per heavy atom. The zero-order valence-electron chi connectivity index (χ0n) is 15.4. The lowest BCUT2D eigenvalue weighted by Crippen LogP contribution is -2.38. The standard InChI is InChI=1S/C20H23FN2O3S/c1-14(2)20(24)23-9-8-16-6-7-19(11-17(16)12-23)22-27(25,26)13-15-4-3-5-18(21)10-15/h3-7,10-11,14,22H,8-9,12-13H2,1-2H3. The molecule has 27 heavy (non-hydrogen) atoms. The fraction of sp³-hybridized carbons (Fsp3) is 0.350. The number of carbonyl (C=O) groups excluding carboxylic acids is 1. The zero-order valence-corrected chi connectivity index (χ0v) is 16.2. The first-order chi connectivity index (χ1) is 12.7. The van der Waals surface area contributed by atoms with E-state index in [2.05, 4.69) is 4.72 Å². The molecule has 3 rings (SSSR count). The first-order valence-electron chi connectivity index (χ1n) is 8.89. The number of hydrogen-bond acceptors (Lipinski definition) is 3. The molecule has 7 heteroatoms. The van der Waals surface area contributed by atoms with E-state index in [0.29, 0.717) is 24.3 Å². The van der Waals surface area contributed by atoms with Gasteiger partial charge in [-0.3, -0.25) is 9.52 Å². The second-order valence-electron chi connectivity index (χ2n) is 7.14. The van der Waals surface area contributed by atoms with E-state index in [-0.39, 0.29) is 17.6 Å². The Kier molecular flexibility index (Phi) is 5.51. The Bertz CT molecular complexity index is 957. The molecule has 1 aliphatic rings. The quantitative estimate of drug-likeness (QED) is 0.852. The fourth-order valence-electron chi connectivity index (χ4n) is 3.24. The van der Waals surface area contributed by atoms with Crippen molar-refractivity contribution in [3.8, 4) is 0 Å². The van der Waals surface area contributed by atoms with E-state index >= 15 is 0 Å². The van der Waals surface area contributed by atoms with Crippen LogP contribution < -0.4 is 4.72 Å². The molecule has 1 heterocycles. The normalized spacial score (nSPS) is 14.1. The van der Waals surface area contributed by atoms with Gasteiger partial charge >= 0.3 is 0 Å². The predicted molar refractivity (Wildman–Crippen MR) is 103 cm³/mol. The minimum absolute atomic E-state index is 0.0699. The Balaban J connectivity index is 1.75. The van der Waals surface area contributed by atoms with Gasteiger partial charge in [-0.1, -0.05) is 32.0 Å². The number of halogens is 1. The Morgan fingerprint density at radius 1 is 1.19 bits per heavy atom. The molecule has 144 valence electrons. The Morgan fingerprint density at radius 3 is 2.67 bits per heavy atom. The lowest BCUT2D eigenvalue weighted by Gasteiger charge is -2.30. The highest BCUT2D eigenvalue weighted by atomic mass is 32.2. The van der Waals surface area contributed by atoms with E-state index in [1.54, 1.807) is 23.1 Å². The second kappa shape index (κ2) is 7.68. The number of sulfonamides is 1. The Labute approximate surface area is 159 Å². The SMILES string of the molecule is CC(C)C(=O)N1CCc2ccc(NS(=O)(=O)Cc3cccc(F)c3)cc2C1. The van der Waals surface area contributed by atoms with Crippen LogP contribution in [-0.2, 0) is 33.5 Å². The Hall–Kier alpha value is -2.41. The highest BCUT2D eigenvalue weighted by Crippen LogP contribution is 2.24. The van der Waals surface area contributed by atoms with Crippen LogP contribution in [-0.4, -0.2) is 25.8 Å². The van der Waals surface area contributed by atoms with Crippen molar-refractivity contribution in [2.75, 3.05) is 11.3 Å². The molecule has 1 amide bonds. The van der Waals surface area contributed by atoms with Crippen LogP contribution in [0.2, 0.25) is 0 Å². The van der Waals surface area contributed by atoms with Crippen LogP contribution in [0, 0.1) is 11.7 Å². The first-order valence-corrected chi connectivity index (χ1v) is 10.5. The summed E-state index contributed by atoms with van der Waals surface area (Å²) in [6.45, 7) is 4.89. The number of hydrogen-bond donors (Lipinski definition) is 1. The molecule has 0 spiro atoms. The average Bonchev–Trinajstić information content (AvgIpc) is 2.59. The molecule has 1 aliphatic heterocycles. The number of nitrogens with zero attached hydrogens (tertiary/aromatic N) is 1. The summed E-state index contributed by atoms with van der Waals surface area (Å²) in [5, 5.41) is 0. The monoisotopic (exact) mass is 390 g/mol. The molecule has 0 unspecified atom stereocenters. The molecule has 2 aromatic rings. The number of rotatable bonds is 5. The molecule has 5 nitrogen and oxygen atoms in total. The van der Waals surface area contributed by atoms with Crippen molar-refractivity contribution in [2.45, 2.75) is 32.6 Å². The summed E-state index contributed by atoms with van der Waals surface area (Å²) < 4.78 is 40.6. The minimum Gasteiger partial charge on any atom is -0.338 e. The van der Waals surface area contributed by atoms with Crippen LogP contribution in [0.4, 0.5) is 10.1 Å². The third kappa shape index (κ3) is 4.86. The van der Waals surface area contributed by atoms with E-state index in [1.807, 2.05) is 19.9 Å². The third-order valence-electron chi connectivity index (χ3n) is 4.54. The van der Waals surface area contributed by atoms with Gasteiger partial charge in [0.05, 0.1) is 5.75 Å². The zero-order chi connectivity index (χ0) is 19.6. The molecule has 0 saturated heterocycles. The van der Waals surface area contributed by atoms with Crippen molar-refractivity contribution >= 4 is 21.6 Å². The summed E-state index contributed by atoms with van der Waals surface area (Å²) in [4.78, 5) is 14.0. The van der Waals surface area contributed by atoms with Gasteiger partial charge < -0.3 is 4.90 Å². The van der Waals surface area contributed by atoms with Crippen LogP contribution >= 0.6 is 0 Å². The van der Waals surface area contributed by atoms with Crippen molar-refractivity contribution in [1.82, 2.24) is 4.90 Å². The molecule has 0 bridgehead atoms. The molecular formula is C20H23FN2O3S. The number of amides is 1. The molecule has 0 aliphatic carbocycles. The molecule has 0 radical (unpaired) electrons. The smallest absolute Gasteiger partial charge is 0.236 e. The van der Waals surface area contributed by atoms with Crippen LogP contribution in [0.1, 0.15) is 30.5 Å². The maximum Gasteiger partial charge on any atom is 0.236 e. The van der Waals surface area contributed by atoms with E-state index in [9.17, 15) is 17.6 Å². The largest absolute Gasteiger partial charge is 0.338 e. The molecule has 0 fully saturated rings. The topological polar surface area (TPSA) is 66.5 Å². The maximum absolute atomic E-state index is 13.3. The van der Waals surface area contributed by atoms with Gasteiger partial charge in [-0.2, -0.15) is 0 Å². The summed E-state index contributed by atoms with van der Waals surface area (Å²) in [5.41, 5.74) is 2.90. The highest BCUT2D eigenvalue weighted by Gasteiger charge is 2.23. The lowest BCUT2D eigenvalue weighted by atomic mass is 9.98. The third-order valence-corrected chi connectivity index (χ3v) is 5.80. The molecule has 0 saturated carbocycles. The van der Waals surface area contributed by atoms with E-state index in [4.69, 9.17) is 0 Å². The summed E-state index contributed by atoms with van der Waals surface area (Å²) in [5.74, 6) is -0.747. The summed E-state index contributed by atoms with van der Waals surface area (Å²) in [6, 6.07) is 10.9. The summed E-state index contributed by atoms with van der Waals surface area (Å²) in [6.07, 6.45) is 0.754. The summed E-state index contributed by atoms with van der Waals surface area (Å²) in [7, 11) is -3.67.